The number of rotatable bonds is 5. The lowest BCUT2D eigenvalue weighted by Gasteiger charge is -2.15. The highest BCUT2D eigenvalue weighted by atomic mass is 17.1. The van der Waals surface area contributed by atoms with Gasteiger partial charge in [0.15, 0.2) is 11.2 Å². The van der Waals surface area contributed by atoms with Crippen molar-refractivity contribution >= 4 is 21.9 Å². The predicted octanol–water partition coefficient (Wildman–Crippen LogP) is 3.35. The summed E-state index contributed by atoms with van der Waals surface area (Å²) >= 11 is 0. The maximum Gasteiger partial charge on any atom is 0.336 e. The minimum atomic E-state index is -0.698. The van der Waals surface area contributed by atoms with E-state index in [1.165, 1.54) is 12.3 Å². The van der Waals surface area contributed by atoms with Gasteiger partial charge in [-0.2, -0.15) is 0 Å². The molecule has 0 aliphatic rings. The molecule has 0 amide bonds. The Balaban J connectivity index is 2.11. The molecule has 0 fully saturated rings. The quantitative estimate of drug-likeness (QED) is 0.337. The lowest BCUT2D eigenvalue weighted by atomic mass is 10.1. The predicted molar refractivity (Wildman–Crippen MR) is 80.1 cm³/mol. The van der Waals surface area contributed by atoms with Gasteiger partial charge in [-0.15, -0.1) is 0 Å². The van der Waals surface area contributed by atoms with E-state index in [9.17, 15) is 4.79 Å². The summed E-state index contributed by atoms with van der Waals surface area (Å²) in [5.74, 6) is 0.290. The first-order chi connectivity index (χ1) is 10.6. The van der Waals surface area contributed by atoms with E-state index in [2.05, 4.69) is 11.5 Å². The number of furan rings is 1. The van der Waals surface area contributed by atoms with Crippen molar-refractivity contribution < 1.29 is 23.7 Å². The fourth-order valence-corrected chi connectivity index (χ4v) is 2.16. The van der Waals surface area contributed by atoms with Crippen LogP contribution in [0.5, 0.6) is 5.75 Å². The van der Waals surface area contributed by atoms with E-state index >= 15 is 0 Å². The van der Waals surface area contributed by atoms with Crippen LogP contribution in [-0.4, -0.2) is 18.0 Å². The van der Waals surface area contributed by atoms with E-state index in [0.29, 0.717) is 22.3 Å². The lowest BCUT2D eigenvalue weighted by molar-refractivity contribution is -0.272. The molecule has 6 heteroatoms. The molecular weight excluding hydrogens is 288 g/mol. The molecule has 0 aliphatic carbocycles. The molecule has 1 aromatic carbocycles. The Kier molecular flexibility index (Phi) is 3.70. The fourth-order valence-electron chi connectivity index (χ4n) is 2.16. The molecule has 0 saturated heterocycles. The second-order valence-corrected chi connectivity index (χ2v) is 4.97. The van der Waals surface area contributed by atoms with E-state index in [0.717, 1.165) is 5.39 Å². The van der Waals surface area contributed by atoms with Crippen LogP contribution in [0.4, 0.5) is 0 Å². The van der Waals surface area contributed by atoms with Gasteiger partial charge in [-0.25, -0.2) is 9.68 Å². The van der Waals surface area contributed by atoms with Crippen LogP contribution in [0.1, 0.15) is 6.92 Å². The first-order valence-corrected chi connectivity index (χ1v) is 6.62. The van der Waals surface area contributed by atoms with Gasteiger partial charge in [0, 0.05) is 16.8 Å². The summed E-state index contributed by atoms with van der Waals surface area (Å²) in [6.07, 6.45) is 0.823. The smallest absolute Gasteiger partial charge is 0.336 e. The summed E-state index contributed by atoms with van der Waals surface area (Å²) in [5.41, 5.74) is 0.853. The molecule has 2 heterocycles. The Labute approximate surface area is 125 Å². The summed E-state index contributed by atoms with van der Waals surface area (Å²) in [4.78, 5) is 15.8. The van der Waals surface area contributed by atoms with Gasteiger partial charge in [-0.1, -0.05) is 6.58 Å². The molecule has 1 N–H and O–H groups in total. The van der Waals surface area contributed by atoms with E-state index in [1.807, 2.05) is 6.07 Å². The largest absolute Gasteiger partial charge is 0.483 e. The van der Waals surface area contributed by atoms with Crippen LogP contribution in [0.3, 0.4) is 0 Å². The molecule has 6 nitrogen and oxygen atoms in total. The van der Waals surface area contributed by atoms with Crippen LogP contribution < -0.4 is 10.4 Å². The molecule has 2 aromatic heterocycles. The zero-order chi connectivity index (χ0) is 15.7. The topological polar surface area (TPSA) is 82.0 Å². The highest BCUT2D eigenvalue weighted by molar-refractivity contribution is 5.99. The molecule has 0 saturated carbocycles. The first kappa shape index (κ1) is 14.4. The van der Waals surface area contributed by atoms with Gasteiger partial charge in [0.2, 0.25) is 5.75 Å². The molecule has 1 atom stereocenters. The van der Waals surface area contributed by atoms with Crippen LogP contribution in [0.2, 0.25) is 0 Å². The van der Waals surface area contributed by atoms with Crippen LogP contribution in [-0.2, 0) is 4.89 Å². The van der Waals surface area contributed by atoms with Crippen molar-refractivity contribution in [3.63, 3.8) is 0 Å². The van der Waals surface area contributed by atoms with Crippen LogP contribution in [0, 0.1) is 0 Å². The summed E-state index contributed by atoms with van der Waals surface area (Å²) in [6, 6.07) is 6.61. The van der Waals surface area contributed by atoms with Crippen LogP contribution >= 0.6 is 0 Å². The number of benzene rings is 1. The Bertz CT molecular complexity index is 888. The second-order valence-electron chi connectivity index (χ2n) is 4.97. The standard InChI is InChI=1S/C16H14O6/c1-9(2)12(22-18)8-20-16-14-11(5-6-19-14)7-10-3-4-13(17)21-15(10)16/h3-7,12,18H,1,8H2,2H3. The van der Waals surface area contributed by atoms with Gasteiger partial charge in [-0.05, 0) is 30.7 Å². The average molecular weight is 302 g/mol. The number of hydrogen-bond acceptors (Lipinski definition) is 6. The van der Waals surface area contributed by atoms with Gasteiger partial charge in [-0.3, -0.25) is 5.26 Å². The summed E-state index contributed by atoms with van der Waals surface area (Å²) in [5, 5.41) is 10.4. The van der Waals surface area contributed by atoms with Crippen molar-refractivity contribution in [2.45, 2.75) is 13.0 Å². The van der Waals surface area contributed by atoms with Crippen molar-refractivity contribution in [2.24, 2.45) is 0 Å². The van der Waals surface area contributed by atoms with Crippen molar-refractivity contribution in [2.75, 3.05) is 6.61 Å². The third-order valence-electron chi connectivity index (χ3n) is 3.34. The van der Waals surface area contributed by atoms with Gasteiger partial charge >= 0.3 is 5.63 Å². The number of ether oxygens (including phenoxy) is 1. The van der Waals surface area contributed by atoms with E-state index < -0.39 is 11.7 Å². The van der Waals surface area contributed by atoms with Gasteiger partial charge in [0.25, 0.3) is 0 Å². The highest BCUT2D eigenvalue weighted by Gasteiger charge is 2.18. The zero-order valence-electron chi connectivity index (χ0n) is 11.9. The van der Waals surface area contributed by atoms with Crippen LogP contribution in [0.15, 0.2) is 56.3 Å². The average Bonchev–Trinajstić information content (AvgIpc) is 2.95. The maximum absolute atomic E-state index is 11.5. The Morgan fingerprint density at radius 2 is 2.09 bits per heavy atom. The SMILES string of the molecule is C=C(C)C(COc1c2occc2cc2ccc(=O)oc12)OO. The van der Waals surface area contributed by atoms with Gasteiger partial charge < -0.3 is 13.6 Å². The molecule has 3 rings (SSSR count). The van der Waals surface area contributed by atoms with Crippen molar-refractivity contribution in [3.8, 4) is 5.75 Å². The molecule has 1 unspecified atom stereocenters. The second kappa shape index (κ2) is 5.67. The molecule has 0 radical (unpaired) electrons. The molecule has 0 aliphatic heterocycles. The Morgan fingerprint density at radius 1 is 1.32 bits per heavy atom. The number of fused-ring (bicyclic) bond motifs is 2. The monoisotopic (exact) mass is 302 g/mol. The normalized spacial score (nSPS) is 12.6. The summed E-state index contributed by atoms with van der Waals surface area (Å²) in [7, 11) is 0. The summed E-state index contributed by atoms with van der Waals surface area (Å²) < 4.78 is 16.3. The van der Waals surface area contributed by atoms with E-state index in [4.69, 9.17) is 18.8 Å². The van der Waals surface area contributed by atoms with Gasteiger partial charge in [0.1, 0.15) is 12.7 Å². The maximum atomic E-state index is 11.5. The van der Waals surface area contributed by atoms with Crippen molar-refractivity contribution in [1.82, 2.24) is 0 Å². The van der Waals surface area contributed by atoms with E-state index in [1.54, 1.807) is 19.1 Å². The molecule has 0 bridgehead atoms. The van der Waals surface area contributed by atoms with Crippen molar-refractivity contribution in [1.29, 1.82) is 0 Å². The third kappa shape index (κ3) is 2.49. The molecule has 22 heavy (non-hydrogen) atoms. The highest BCUT2D eigenvalue weighted by Crippen LogP contribution is 2.35. The van der Waals surface area contributed by atoms with Gasteiger partial charge in [0.05, 0.1) is 6.26 Å². The molecule has 3 aromatic rings. The Morgan fingerprint density at radius 3 is 2.82 bits per heavy atom. The molecule has 114 valence electrons. The zero-order valence-corrected chi connectivity index (χ0v) is 11.9. The number of hydrogen-bond donors (Lipinski definition) is 1. The molecule has 0 spiro atoms. The third-order valence-corrected chi connectivity index (χ3v) is 3.34. The lowest BCUT2D eigenvalue weighted by Crippen LogP contribution is -2.21. The van der Waals surface area contributed by atoms with Crippen LogP contribution in [0.25, 0.3) is 21.9 Å². The molecular formula is C16H14O6. The minimum Gasteiger partial charge on any atom is -0.483 e. The summed E-state index contributed by atoms with van der Waals surface area (Å²) in [6.45, 7) is 5.41. The first-order valence-electron chi connectivity index (χ1n) is 6.62. The Hall–Kier alpha value is -2.57. The van der Waals surface area contributed by atoms with Crippen molar-refractivity contribution in [3.05, 3.63) is 53.1 Å². The minimum absolute atomic E-state index is 0.000643. The van der Waals surface area contributed by atoms with E-state index in [-0.39, 0.29) is 12.2 Å². The fraction of sp³-hybridized carbons (Fsp3) is 0.188.